The van der Waals surface area contributed by atoms with E-state index in [-0.39, 0.29) is 5.91 Å². The molecule has 4 nitrogen and oxygen atoms in total. The van der Waals surface area contributed by atoms with Gasteiger partial charge in [0, 0.05) is 25.2 Å². The Labute approximate surface area is 114 Å². The summed E-state index contributed by atoms with van der Waals surface area (Å²) < 4.78 is 5.74. The van der Waals surface area contributed by atoms with Crippen LogP contribution in [-0.4, -0.2) is 37.0 Å². The van der Waals surface area contributed by atoms with Gasteiger partial charge in [0.1, 0.15) is 12.4 Å². The van der Waals surface area contributed by atoms with Crippen LogP contribution in [0.2, 0.25) is 0 Å². The van der Waals surface area contributed by atoms with Crippen molar-refractivity contribution in [1.29, 1.82) is 0 Å². The zero-order valence-corrected chi connectivity index (χ0v) is 11.5. The van der Waals surface area contributed by atoms with Crippen LogP contribution in [0.15, 0.2) is 24.3 Å². The predicted octanol–water partition coefficient (Wildman–Crippen LogP) is 2.51. The smallest absolute Gasteiger partial charge is 0.221 e. The molecular formula is C15H22N2O2. The first-order chi connectivity index (χ1) is 9.24. The van der Waals surface area contributed by atoms with Crippen molar-refractivity contribution in [1.82, 2.24) is 4.90 Å². The average molecular weight is 262 g/mol. The van der Waals surface area contributed by atoms with Gasteiger partial charge in [-0.1, -0.05) is 12.5 Å². The van der Waals surface area contributed by atoms with Crippen LogP contribution in [0, 0.1) is 0 Å². The molecule has 1 fully saturated rings. The van der Waals surface area contributed by atoms with Crippen LogP contribution in [0.3, 0.4) is 0 Å². The average Bonchev–Trinajstić information content (AvgIpc) is 2.40. The second-order valence-corrected chi connectivity index (χ2v) is 4.96. The highest BCUT2D eigenvalue weighted by Gasteiger charge is 2.09. The van der Waals surface area contributed by atoms with Crippen LogP contribution in [0.25, 0.3) is 0 Å². The predicted molar refractivity (Wildman–Crippen MR) is 76.5 cm³/mol. The van der Waals surface area contributed by atoms with E-state index >= 15 is 0 Å². The van der Waals surface area contributed by atoms with Crippen LogP contribution < -0.4 is 10.1 Å². The van der Waals surface area contributed by atoms with Gasteiger partial charge in [0.15, 0.2) is 0 Å². The molecular weight excluding hydrogens is 240 g/mol. The van der Waals surface area contributed by atoms with E-state index in [2.05, 4.69) is 10.2 Å². The first-order valence-electron chi connectivity index (χ1n) is 6.97. The number of ether oxygens (including phenoxy) is 1. The molecule has 2 rings (SSSR count). The highest BCUT2D eigenvalue weighted by molar-refractivity contribution is 5.88. The molecule has 0 unspecified atom stereocenters. The minimum absolute atomic E-state index is 0.0644. The number of anilines is 1. The lowest BCUT2D eigenvalue weighted by Crippen LogP contribution is -2.33. The van der Waals surface area contributed by atoms with E-state index < -0.39 is 0 Å². The van der Waals surface area contributed by atoms with Crippen LogP contribution in [0.4, 0.5) is 5.69 Å². The zero-order chi connectivity index (χ0) is 13.5. The molecule has 0 saturated carbocycles. The lowest BCUT2D eigenvalue weighted by Gasteiger charge is -2.26. The third-order valence-electron chi connectivity index (χ3n) is 3.28. The standard InChI is InChI=1S/C15H22N2O2/c1-13(18)16-14-6-5-7-15(12-14)19-11-10-17-8-3-2-4-9-17/h5-7,12H,2-4,8-11H2,1H3,(H,16,18). The number of carbonyl (C=O) groups is 1. The zero-order valence-electron chi connectivity index (χ0n) is 11.5. The first-order valence-corrected chi connectivity index (χ1v) is 6.97. The van der Waals surface area contributed by atoms with Gasteiger partial charge in [-0.15, -0.1) is 0 Å². The van der Waals surface area contributed by atoms with Gasteiger partial charge in [-0.3, -0.25) is 9.69 Å². The summed E-state index contributed by atoms with van der Waals surface area (Å²) in [7, 11) is 0. The van der Waals surface area contributed by atoms with E-state index in [4.69, 9.17) is 4.74 Å². The molecule has 1 amide bonds. The second kappa shape index (κ2) is 7.14. The highest BCUT2D eigenvalue weighted by atomic mass is 16.5. The van der Waals surface area contributed by atoms with Crippen LogP contribution in [0.1, 0.15) is 26.2 Å². The van der Waals surface area contributed by atoms with Gasteiger partial charge < -0.3 is 10.1 Å². The minimum atomic E-state index is -0.0644. The van der Waals surface area contributed by atoms with Crippen molar-refractivity contribution in [3.63, 3.8) is 0 Å². The molecule has 1 saturated heterocycles. The molecule has 1 heterocycles. The quantitative estimate of drug-likeness (QED) is 0.886. The van der Waals surface area contributed by atoms with Crippen molar-refractivity contribution in [3.05, 3.63) is 24.3 Å². The lowest BCUT2D eigenvalue weighted by molar-refractivity contribution is -0.114. The molecule has 1 aromatic rings. The van der Waals surface area contributed by atoms with E-state index in [1.165, 1.54) is 39.3 Å². The fourth-order valence-electron chi connectivity index (χ4n) is 2.34. The summed E-state index contributed by atoms with van der Waals surface area (Å²) in [5.41, 5.74) is 0.781. The van der Waals surface area contributed by atoms with Gasteiger partial charge in [0.05, 0.1) is 0 Å². The van der Waals surface area contributed by atoms with Gasteiger partial charge in [-0.2, -0.15) is 0 Å². The molecule has 1 aliphatic rings. The number of piperidine rings is 1. The number of rotatable bonds is 5. The third-order valence-corrected chi connectivity index (χ3v) is 3.28. The summed E-state index contributed by atoms with van der Waals surface area (Å²) in [5.74, 6) is 0.744. The second-order valence-electron chi connectivity index (χ2n) is 4.96. The van der Waals surface area contributed by atoms with E-state index in [1.54, 1.807) is 0 Å². The molecule has 0 spiro atoms. The molecule has 1 aromatic carbocycles. The number of amides is 1. The molecule has 0 bridgehead atoms. The largest absolute Gasteiger partial charge is 0.492 e. The highest BCUT2D eigenvalue weighted by Crippen LogP contribution is 2.17. The monoisotopic (exact) mass is 262 g/mol. The summed E-state index contributed by atoms with van der Waals surface area (Å²) in [6, 6.07) is 7.53. The van der Waals surface area contributed by atoms with Crippen molar-refractivity contribution >= 4 is 11.6 Å². The first kappa shape index (κ1) is 13.9. The Morgan fingerprint density at radius 3 is 2.84 bits per heavy atom. The summed E-state index contributed by atoms with van der Waals surface area (Å²) in [6.07, 6.45) is 3.96. The maximum Gasteiger partial charge on any atom is 0.221 e. The molecule has 104 valence electrons. The fourth-order valence-corrected chi connectivity index (χ4v) is 2.34. The topological polar surface area (TPSA) is 41.6 Å². The van der Waals surface area contributed by atoms with E-state index in [9.17, 15) is 4.79 Å². The summed E-state index contributed by atoms with van der Waals surface area (Å²) in [6.45, 7) is 5.56. The number of hydrogen-bond donors (Lipinski definition) is 1. The Morgan fingerprint density at radius 1 is 1.32 bits per heavy atom. The Hall–Kier alpha value is -1.55. The van der Waals surface area contributed by atoms with E-state index in [0.29, 0.717) is 6.61 Å². The third kappa shape index (κ3) is 4.91. The van der Waals surface area contributed by atoms with Crippen molar-refractivity contribution in [3.8, 4) is 5.75 Å². The van der Waals surface area contributed by atoms with Crippen LogP contribution in [0.5, 0.6) is 5.75 Å². The van der Waals surface area contributed by atoms with Crippen LogP contribution >= 0.6 is 0 Å². The maximum atomic E-state index is 11.0. The van der Waals surface area contributed by atoms with Gasteiger partial charge >= 0.3 is 0 Å². The van der Waals surface area contributed by atoms with E-state index in [0.717, 1.165) is 18.0 Å². The number of nitrogens with one attached hydrogen (secondary N) is 1. The molecule has 0 atom stereocenters. The number of hydrogen-bond acceptors (Lipinski definition) is 3. The molecule has 0 radical (unpaired) electrons. The van der Waals surface area contributed by atoms with Crippen LogP contribution in [-0.2, 0) is 4.79 Å². The lowest BCUT2D eigenvalue weighted by atomic mass is 10.1. The van der Waals surface area contributed by atoms with Gasteiger partial charge in [0.25, 0.3) is 0 Å². The molecule has 0 aliphatic carbocycles. The van der Waals surface area contributed by atoms with E-state index in [1.807, 2.05) is 24.3 Å². The molecule has 4 heteroatoms. The van der Waals surface area contributed by atoms with Crippen molar-refractivity contribution in [2.24, 2.45) is 0 Å². The van der Waals surface area contributed by atoms with Crippen molar-refractivity contribution in [2.75, 3.05) is 31.6 Å². The van der Waals surface area contributed by atoms with Gasteiger partial charge in [-0.05, 0) is 38.1 Å². The summed E-state index contributed by atoms with van der Waals surface area (Å²) >= 11 is 0. The Bertz CT molecular complexity index is 414. The number of likely N-dealkylation sites (tertiary alicyclic amines) is 1. The van der Waals surface area contributed by atoms with Crippen molar-refractivity contribution < 1.29 is 9.53 Å². The fraction of sp³-hybridized carbons (Fsp3) is 0.533. The molecule has 1 aliphatic heterocycles. The molecule has 19 heavy (non-hydrogen) atoms. The normalized spacial score (nSPS) is 16.1. The SMILES string of the molecule is CC(=O)Nc1cccc(OCCN2CCCCC2)c1. The molecule has 1 N–H and O–H groups in total. The number of carbonyl (C=O) groups excluding carboxylic acids is 1. The number of benzene rings is 1. The van der Waals surface area contributed by atoms with Gasteiger partial charge in [-0.25, -0.2) is 0 Å². The summed E-state index contributed by atoms with van der Waals surface area (Å²) in [4.78, 5) is 13.4. The summed E-state index contributed by atoms with van der Waals surface area (Å²) in [5, 5.41) is 2.76. The Balaban J connectivity index is 1.77. The Kier molecular flexibility index (Phi) is 5.21. The minimum Gasteiger partial charge on any atom is -0.492 e. The maximum absolute atomic E-state index is 11.0. The molecule has 0 aromatic heterocycles. The van der Waals surface area contributed by atoms with Crippen molar-refractivity contribution in [2.45, 2.75) is 26.2 Å². The number of nitrogens with zero attached hydrogens (tertiary/aromatic N) is 1. The van der Waals surface area contributed by atoms with Gasteiger partial charge in [0.2, 0.25) is 5.91 Å². The Morgan fingerprint density at radius 2 is 2.11 bits per heavy atom.